The monoisotopic (exact) mass is 227 g/mol. The van der Waals surface area contributed by atoms with Crippen molar-refractivity contribution in [2.24, 2.45) is 5.73 Å². The highest BCUT2D eigenvalue weighted by Crippen LogP contribution is 2.28. The number of ether oxygens (including phenoxy) is 1. The first kappa shape index (κ1) is 12.1. The largest absolute Gasteiger partial charge is 0.496 e. The normalized spacial score (nSPS) is 11.3. The summed E-state index contributed by atoms with van der Waals surface area (Å²) < 4.78 is 5.13. The van der Waals surface area contributed by atoms with E-state index in [0.29, 0.717) is 12.3 Å². The van der Waals surface area contributed by atoms with Crippen molar-refractivity contribution in [1.29, 1.82) is 0 Å². The minimum absolute atomic E-state index is 0.442. The van der Waals surface area contributed by atoms with Crippen molar-refractivity contribution < 1.29 is 14.5 Å². The number of methoxy groups -OCH3 is 1. The highest BCUT2D eigenvalue weighted by Gasteiger charge is 2.01. The third kappa shape index (κ3) is 3.61. The van der Waals surface area contributed by atoms with Crippen molar-refractivity contribution in [3.63, 3.8) is 0 Å². The van der Waals surface area contributed by atoms with Gasteiger partial charge in [0.25, 0.3) is 0 Å². The van der Waals surface area contributed by atoms with Crippen LogP contribution in [0.3, 0.4) is 0 Å². The molecule has 0 radical (unpaired) electrons. The Labute approximate surface area is 89.9 Å². The molecule has 0 spiro atoms. The molecule has 0 heterocycles. The average molecular weight is 227 g/mol. The van der Waals surface area contributed by atoms with Crippen molar-refractivity contribution in [3.05, 3.63) is 35.1 Å². The molecular weight excluding hydrogens is 213 g/mol. The van der Waals surface area contributed by atoms with Gasteiger partial charge in [-0.15, -0.1) is 0 Å². The summed E-state index contributed by atoms with van der Waals surface area (Å²) in [6, 6.07) is 5.53. The molecule has 4 N–H and O–H groups in total. The Morgan fingerprint density at radius 3 is 2.73 bits per heavy atom. The topological polar surface area (TPSA) is 75.7 Å². The van der Waals surface area contributed by atoms with Gasteiger partial charge in [-0.3, -0.25) is 0 Å². The number of rotatable bonds is 4. The number of hydrogen-bond donors (Lipinski definition) is 3. The summed E-state index contributed by atoms with van der Waals surface area (Å²) in [5.74, 6) is 2.01. The van der Waals surface area contributed by atoms with Gasteiger partial charge in [-0.05, 0) is 29.6 Å². The van der Waals surface area contributed by atoms with Crippen LogP contribution in [0.4, 0.5) is 0 Å². The van der Waals surface area contributed by atoms with E-state index < -0.39 is 8.38 Å². The third-order valence-electron chi connectivity index (χ3n) is 1.92. The smallest absolute Gasteiger partial charge is 0.191 e. The van der Waals surface area contributed by atoms with Gasteiger partial charge in [-0.2, -0.15) is 0 Å². The zero-order valence-electron chi connectivity index (χ0n) is 8.42. The Morgan fingerprint density at radius 1 is 1.47 bits per heavy atom. The Kier molecular flexibility index (Phi) is 4.72. The second kappa shape index (κ2) is 5.83. The molecule has 1 aromatic carbocycles. The van der Waals surface area contributed by atoms with Gasteiger partial charge in [0.1, 0.15) is 5.75 Å². The minimum atomic E-state index is -2.02. The molecule has 5 heteroatoms. The average Bonchev–Trinajstić information content (AvgIpc) is 2.25. The van der Waals surface area contributed by atoms with E-state index >= 15 is 0 Å². The van der Waals surface area contributed by atoms with Gasteiger partial charge < -0.3 is 20.3 Å². The highest BCUT2D eigenvalue weighted by atomic mass is 31.2. The van der Waals surface area contributed by atoms with E-state index in [0.717, 1.165) is 11.1 Å². The lowest BCUT2D eigenvalue weighted by molar-refractivity contribution is 0.413. The van der Waals surface area contributed by atoms with Crippen LogP contribution in [0.2, 0.25) is 0 Å². The van der Waals surface area contributed by atoms with E-state index in [-0.39, 0.29) is 0 Å². The quantitative estimate of drug-likeness (QED) is 0.680. The first-order valence-electron chi connectivity index (χ1n) is 4.39. The molecule has 0 aliphatic rings. The van der Waals surface area contributed by atoms with Crippen molar-refractivity contribution in [3.8, 4) is 5.75 Å². The first-order valence-corrected chi connectivity index (χ1v) is 5.71. The van der Waals surface area contributed by atoms with Gasteiger partial charge >= 0.3 is 0 Å². The van der Waals surface area contributed by atoms with Gasteiger partial charge in [0.15, 0.2) is 8.38 Å². The van der Waals surface area contributed by atoms with Crippen molar-refractivity contribution in [2.75, 3.05) is 7.11 Å². The molecule has 1 rings (SSSR count). The second-order valence-electron chi connectivity index (χ2n) is 2.92. The molecule has 0 saturated heterocycles. The molecule has 0 bridgehead atoms. The summed E-state index contributed by atoms with van der Waals surface area (Å²) in [6.45, 7) is 0.442. The number of hydrogen-bond acceptors (Lipinski definition) is 4. The zero-order chi connectivity index (χ0) is 11.3. The van der Waals surface area contributed by atoms with Crippen LogP contribution in [0.15, 0.2) is 24.0 Å². The standard InChI is InChI=1S/C10H14NO3P/c1-14-10-3-2-8(7-11)6-9(10)4-5-15(12)13/h2-6,12-13H,7,11H2,1H3/b5-4+. The lowest BCUT2D eigenvalue weighted by Gasteiger charge is -2.06. The third-order valence-corrected chi connectivity index (χ3v) is 2.33. The molecule has 0 fully saturated rings. The van der Waals surface area contributed by atoms with Crippen molar-refractivity contribution in [2.45, 2.75) is 6.54 Å². The maximum absolute atomic E-state index is 8.77. The van der Waals surface area contributed by atoms with Gasteiger partial charge in [0.2, 0.25) is 0 Å². The Balaban J connectivity index is 3.01. The summed E-state index contributed by atoms with van der Waals surface area (Å²) in [5, 5.41) is 0. The Bertz CT molecular complexity index is 353. The predicted molar refractivity (Wildman–Crippen MR) is 61.3 cm³/mol. The van der Waals surface area contributed by atoms with Crippen LogP contribution in [0, 0.1) is 0 Å². The fourth-order valence-corrected chi connectivity index (χ4v) is 1.48. The van der Waals surface area contributed by atoms with Crippen LogP contribution < -0.4 is 10.5 Å². The van der Waals surface area contributed by atoms with Crippen molar-refractivity contribution in [1.82, 2.24) is 0 Å². The van der Waals surface area contributed by atoms with E-state index in [1.54, 1.807) is 19.3 Å². The summed E-state index contributed by atoms with van der Waals surface area (Å²) >= 11 is 0. The summed E-state index contributed by atoms with van der Waals surface area (Å²) in [6.07, 6.45) is 1.61. The van der Waals surface area contributed by atoms with E-state index in [1.165, 1.54) is 5.82 Å². The maximum atomic E-state index is 8.77. The van der Waals surface area contributed by atoms with E-state index in [4.69, 9.17) is 20.3 Å². The SMILES string of the molecule is COc1ccc(CN)cc1/C=C/P(O)O. The Hall–Kier alpha value is -0.930. The van der Waals surface area contributed by atoms with Gasteiger partial charge in [-0.25, -0.2) is 0 Å². The molecule has 0 atom stereocenters. The maximum Gasteiger partial charge on any atom is 0.191 e. The molecule has 0 saturated carbocycles. The van der Waals surface area contributed by atoms with Crippen LogP contribution in [0.25, 0.3) is 6.08 Å². The van der Waals surface area contributed by atoms with Crippen LogP contribution in [-0.2, 0) is 6.54 Å². The highest BCUT2D eigenvalue weighted by molar-refractivity contribution is 7.48. The molecule has 0 aliphatic heterocycles. The fourth-order valence-electron chi connectivity index (χ4n) is 1.19. The molecule has 0 unspecified atom stereocenters. The van der Waals surface area contributed by atoms with Crippen molar-refractivity contribution >= 4 is 14.5 Å². The van der Waals surface area contributed by atoms with E-state index in [1.807, 2.05) is 12.1 Å². The van der Waals surface area contributed by atoms with E-state index in [9.17, 15) is 0 Å². The Morgan fingerprint density at radius 2 is 2.20 bits per heavy atom. The second-order valence-corrected chi connectivity index (χ2v) is 3.86. The molecule has 0 aromatic heterocycles. The summed E-state index contributed by atoms with van der Waals surface area (Å²) in [7, 11) is -0.458. The zero-order valence-corrected chi connectivity index (χ0v) is 9.32. The number of nitrogens with two attached hydrogens (primary N) is 1. The first-order chi connectivity index (χ1) is 7.17. The molecule has 1 aromatic rings. The van der Waals surface area contributed by atoms with Crippen LogP contribution in [0.5, 0.6) is 5.75 Å². The molecule has 82 valence electrons. The molecule has 4 nitrogen and oxygen atoms in total. The number of benzene rings is 1. The predicted octanol–water partition coefficient (Wildman–Crippen LogP) is 1.42. The van der Waals surface area contributed by atoms with Crippen LogP contribution in [0.1, 0.15) is 11.1 Å². The minimum Gasteiger partial charge on any atom is -0.496 e. The van der Waals surface area contributed by atoms with E-state index in [2.05, 4.69) is 0 Å². The lowest BCUT2D eigenvalue weighted by Crippen LogP contribution is -1.97. The van der Waals surface area contributed by atoms with Gasteiger partial charge in [-0.1, -0.05) is 6.07 Å². The van der Waals surface area contributed by atoms with Crippen LogP contribution >= 0.6 is 8.38 Å². The van der Waals surface area contributed by atoms with Crippen LogP contribution in [-0.4, -0.2) is 16.9 Å². The summed E-state index contributed by atoms with van der Waals surface area (Å²) in [4.78, 5) is 17.5. The fraction of sp³-hybridized carbons (Fsp3) is 0.200. The lowest BCUT2D eigenvalue weighted by atomic mass is 10.1. The molecular formula is C10H14NO3P. The van der Waals surface area contributed by atoms with Gasteiger partial charge in [0.05, 0.1) is 7.11 Å². The van der Waals surface area contributed by atoms with Gasteiger partial charge in [0, 0.05) is 12.1 Å². The molecule has 0 aliphatic carbocycles. The molecule has 15 heavy (non-hydrogen) atoms. The summed E-state index contributed by atoms with van der Waals surface area (Å²) in [5.41, 5.74) is 7.26. The molecule has 0 amide bonds.